The molecule has 0 fully saturated rings. The molecule has 0 saturated carbocycles. The lowest BCUT2D eigenvalue weighted by molar-refractivity contribution is 0.194. The van der Waals surface area contributed by atoms with Crippen molar-refractivity contribution in [3.8, 4) is 5.75 Å². The summed E-state index contributed by atoms with van der Waals surface area (Å²) in [6, 6.07) is 5.52. The van der Waals surface area contributed by atoms with Gasteiger partial charge in [0.2, 0.25) is 0 Å². The van der Waals surface area contributed by atoms with Crippen LogP contribution in [-0.4, -0.2) is 37.2 Å². The normalized spacial score (nSPS) is 10.3. The molecule has 1 N–H and O–H groups in total. The van der Waals surface area contributed by atoms with Crippen LogP contribution in [0.25, 0.3) is 0 Å². The van der Waals surface area contributed by atoms with Crippen molar-refractivity contribution in [1.29, 1.82) is 0 Å². The van der Waals surface area contributed by atoms with Gasteiger partial charge in [0.25, 0.3) is 0 Å². The number of halogens is 1. The Labute approximate surface area is 132 Å². The Morgan fingerprint density at radius 3 is 2.52 bits per heavy atom. The van der Waals surface area contributed by atoms with Crippen molar-refractivity contribution in [1.82, 2.24) is 10.2 Å². The number of ether oxygens (including phenoxy) is 1. The standard InChI is InChI=1S/C16H25ClN2O2/c1-4-9-19(10-5-2)16(20)18-8-11-21-14-6-7-15(17)13(3)12-14/h6-7,12H,4-5,8-11H2,1-3H3,(H,18,20). The predicted molar refractivity (Wildman–Crippen MR) is 87.2 cm³/mol. The minimum absolute atomic E-state index is 0.0189. The Bertz CT molecular complexity index is 446. The van der Waals surface area contributed by atoms with Gasteiger partial charge < -0.3 is 15.0 Å². The quantitative estimate of drug-likeness (QED) is 0.741. The third kappa shape index (κ3) is 6.25. The molecule has 0 radical (unpaired) electrons. The molecular weight excluding hydrogens is 288 g/mol. The summed E-state index contributed by atoms with van der Waals surface area (Å²) in [5, 5.41) is 3.61. The minimum Gasteiger partial charge on any atom is -0.492 e. The molecule has 0 aliphatic rings. The van der Waals surface area contributed by atoms with Gasteiger partial charge >= 0.3 is 6.03 Å². The number of hydrogen-bond acceptors (Lipinski definition) is 2. The minimum atomic E-state index is -0.0189. The summed E-state index contributed by atoms with van der Waals surface area (Å²) in [5.41, 5.74) is 0.982. The van der Waals surface area contributed by atoms with Gasteiger partial charge in [-0.25, -0.2) is 4.79 Å². The highest BCUT2D eigenvalue weighted by Gasteiger charge is 2.10. The summed E-state index contributed by atoms with van der Waals surface area (Å²) >= 11 is 5.96. The molecule has 0 aliphatic heterocycles. The van der Waals surface area contributed by atoms with E-state index in [0.29, 0.717) is 13.2 Å². The van der Waals surface area contributed by atoms with Crippen molar-refractivity contribution in [2.75, 3.05) is 26.2 Å². The Morgan fingerprint density at radius 1 is 1.29 bits per heavy atom. The van der Waals surface area contributed by atoms with Crippen LogP contribution in [0.4, 0.5) is 4.79 Å². The lowest BCUT2D eigenvalue weighted by Crippen LogP contribution is -2.42. The number of nitrogens with zero attached hydrogens (tertiary/aromatic N) is 1. The molecule has 0 unspecified atom stereocenters. The van der Waals surface area contributed by atoms with Gasteiger partial charge in [-0.05, 0) is 43.5 Å². The van der Waals surface area contributed by atoms with E-state index < -0.39 is 0 Å². The molecule has 21 heavy (non-hydrogen) atoms. The number of rotatable bonds is 8. The molecule has 0 atom stereocenters. The third-order valence-electron chi connectivity index (χ3n) is 3.05. The first-order chi connectivity index (χ1) is 10.1. The fraction of sp³-hybridized carbons (Fsp3) is 0.562. The second kappa shape index (κ2) is 9.50. The highest BCUT2D eigenvalue weighted by Crippen LogP contribution is 2.20. The zero-order valence-electron chi connectivity index (χ0n) is 13.1. The van der Waals surface area contributed by atoms with E-state index >= 15 is 0 Å². The van der Waals surface area contributed by atoms with Crippen LogP contribution in [0.3, 0.4) is 0 Å². The van der Waals surface area contributed by atoms with Gasteiger partial charge in [0.15, 0.2) is 0 Å². The molecule has 118 valence electrons. The number of carbonyl (C=O) groups excluding carboxylic acids is 1. The first-order valence-electron chi connectivity index (χ1n) is 7.50. The molecule has 0 aromatic heterocycles. The van der Waals surface area contributed by atoms with Gasteiger partial charge in [-0.15, -0.1) is 0 Å². The lowest BCUT2D eigenvalue weighted by Gasteiger charge is -2.21. The van der Waals surface area contributed by atoms with Crippen LogP contribution in [0.2, 0.25) is 5.02 Å². The summed E-state index contributed by atoms with van der Waals surface area (Å²) in [6.45, 7) is 8.59. The summed E-state index contributed by atoms with van der Waals surface area (Å²) in [5.74, 6) is 0.769. The van der Waals surface area contributed by atoms with Crippen molar-refractivity contribution >= 4 is 17.6 Å². The highest BCUT2D eigenvalue weighted by molar-refractivity contribution is 6.31. The van der Waals surface area contributed by atoms with E-state index in [-0.39, 0.29) is 6.03 Å². The largest absolute Gasteiger partial charge is 0.492 e. The third-order valence-corrected chi connectivity index (χ3v) is 3.47. The maximum Gasteiger partial charge on any atom is 0.317 e. The Morgan fingerprint density at radius 2 is 1.95 bits per heavy atom. The maximum atomic E-state index is 12.0. The van der Waals surface area contributed by atoms with Crippen molar-refractivity contribution in [3.63, 3.8) is 0 Å². The van der Waals surface area contributed by atoms with Crippen LogP contribution in [0, 0.1) is 6.92 Å². The molecule has 0 spiro atoms. The van der Waals surface area contributed by atoms with Crippen molar-refractivity contribution in [2.45, 2.75) is 33.6 Å². The van der Waals surface area contributed by atoms with Gasteiger partial charge in [0.1, 0.15) is 12.4 Å². The van der Waals surface area contributed by atoms with Crippen molar-refractivity contribution in [2.24, 2.45) is 0 Å². The van der Waals surface area contributed by atoms with Crippen LogP contribution in [0.1, 0.15) is 32.3 Å². The molecule has 0 bridgehead atoms. The second-order valence-corrected chi connectivity index (χ2v) is 5.39. The number of nitrogens with one attached hydrogen (secondary N) is 1. The molecule has 5 heteroatoms. The average Bonchev–Trinajstić information content (AvgIpc) is 2.46. The molecule has 1 aromatic carbocycles. The van der Waals surface area contributed by atoms with E-state index in [1.54, 1.807) is 0 Å². The van der Waals surface area contributed by atoms with E-state index in [4.69, 9.17) is 16.3 Å². The van der Waals surface area contributed by atoms with Crippen LogP contribution < -0.4 is 10.1 Å². The lowest BCUT2D eigenvalue weighted by atomic mass is 10.2. The summed E-state index contributed by atoms with van der Waals surface area (Å²) < 4.78 is 5.60. The summed E-state index contributed by atoms with van der Waals surface area (Å²) in [7, 11) is 0. The van der Waals surface area contributed by atoms with Crippen molar-refractivity contribution in [3.05, 3.63) is 28.8 Å². The van der Waals surface area contributed by atoms with Crippen LogP contribution >= 0.6 is 11.6 Å². The molecule has 1 aromatic rings. The van der Waals surface area contributed by atoms with Crippen molar-refractivity contribution < 1.29 is 9.53 Å². The molecule has 1 rings (SSSR count). The van der Waals surface area contributed by atoms with Crippen LogP contribution in [-0.2, 0) is 0 Å². The monoisotopic (exact) mass is 312 g/mol. The molecule has 0 heterocycles. The van der Waals surface area contributed by atoms with Gasteiger partial charge in [0, 0.05) is 18.1 Å². The van der Waals surface area contributed by atoms with E-state index in [1.165, 1.54) is 0 Å². The number of hydrogen-bond donors (Lipinski definition) is 1. The molecule has 0 saturated heterocycles. The number of aryl methyl sites for hydroxylation is 1. The fourth-order valence-electron chi connectivity index (χ4n) is 2.00. The Balaban J connectivity index is 2.32. The topological polar surface area (TPSA) is 41.6 Å². The molecule has 0 aliphatic carbocycles. The maximum absolute atomic E-state index is 12.0. The number of urea groups is 1. The van der Waals surface area contributed by atoms with E-state index in [9.17, 15) is 4.79 Å². The molecule has 2 amide bonds. The van der Waals surface area contributed by atoms with E-state index in [2.05, 4.69) is 19.2 Å². The van der Waals surface area contributed by atoms with Gasteiger partial charge in [-0.2, -0.15) is 0 Å². The summed E-state index contributed by atoms with van der Waals surface area (Å²) in [4.78, 5) is 13.8. The Kier molecular flexibility index (Phi) is 7.98. The first-order valence-corrected chi connectivity index (χ1v) is 7.88. The van der Waals surface area contributed by atoms with E-state index in [1.807, 2.05) is 30.0 Å². The fourth-order valence-corrected chi connectivity index (χ4v) is 2.12. The average molecular weight is 313 g/mol. The van der Waals surface area contributed by atoms with Gasteiger partial charge in [-0.3, -0.25) is 0 Å². The summed E-state index contributed by atoms with van der Waals surface area (Å²) in [6.07, 6.45) is 1.93. The van der Waals surface area contributed by atoms with Crippen LogP contribution in [0.5, 0.6) is 5.75 Å². The predicted octanol–water partition coefficient (Wildman–Crippen LogP) is 3.86. The first kappa shape index (κ1) is 17.6. The zero-order chi connectivity index (χ0) is 15.7. The van der Waals surface area contributed by atoms with Crippen LogP contribution in [0.15, 0.2) is 18.2 Å². The van der Waals surface area contributed by atoms with Gasteiger partial charge in [-0.1, -0.05) is 25.4 Å². The zero-order valence-corrected chi connectivity index (χ0v) is 13.9. The highest BCUT2D eigenvalue weighted by atomic mass is 35.5. The number of amides is 2. The molecule has 4 nitrogen and oxygen atoms in total. The Hall–Kier alpha value is -1.42. The van der Waals surface area contributed by atoms with Gasteiger partial charge in [0.05, 0.1) is 6.54 Å². The number of carbonyl (C=O) groups is 1. The smallest absolute Gasteiger partial charge is 0.317 e. The SMILES string of the molecule is CCCN(CCC)C(=O)NCCOc1ccc(Cl)c(C)c1. The molecular formula is C16H25ClN2O2. The second-order valence-electron chi connectivity index (χ2n) is 4.98. The van der Waals surface area contributed by atoms with E-state index in [0.717, 1.165) is 42.3 Å². The number of benzene rings is 1.